The number of hydrogen-bond acceptors (Lipinski definition) is 2. The summed E-state index contributed by atoms with van der Waals surface area (Å²) < 4.78 is 37.4. The Kier molecular flexibility index (Phi) is 3.71. The van der Waals surface area contributed by atoms with Crippen LogP contribution in [-0.2, 0) is 11.2 Å². The number of amides is 1. The molecule has 7 heteroatoms. The molecule has 2 rings (SSSR count). The summed E-state index contributed by atoms with van der Waals surface area (Å²) in [6.07, 6.45) is -4.55. The van der Waals surface area contributed by atoms with Gasteiger partial charge in [0.15, 0.2) is 0 Å². The standard InChI is InChI=1S/C12H12ClF3N2O/c1-7-6-18(11(19)12(14,15)16)5-4-9-8(7)2-3-10(13)17-9/h2-3,7H,4-6H2,1H3. The molecule has 0 spiro atoms. The number of fused-ring (bicyclic) bond motifs is 1. The molecule has 0 aromatic carbocycles. The third-order valence-electron chi connectivity index (χ3n) is 3.15. The Hall–Kier alpha value is -1.30. The summed E-state index contributed by atoms with van der Waals surface area (Å²) in [5, 5.41) is 0.307. The first-order chi connectivity index (χ1) is 8.79. The molecule has 0 saturated heterocycles. The highest BCUT2D eigenvalue weighted by Gasteiger charge is 2.43. The molecule has 0 aliphatic carbocycles. The van der Waals surface area contributed by atoms with E-state index in [9.17, 15) is 18.0 Å². The van der Waals surface area contributed by atoms with Gasteiger partial charge in [0.05, 0.1) is 0 Å². The molecule has 104 valence electrons. The lowest BCUT2D eigenvalue weighted by molar-refractivity contribution is -0.185. The van der Waals surface area contributed by atoms with E-state index < -0.39 is 12.1 Å². The lowest BCUT2D eigenvalue weighted by Crippen LogP contribution is -2.42. The first kappa shape index (κ1) is 14.1. The Morgan fingerprint density at radius 2 is 2.16 bits per heavy atom. The summed E-state index contributed by atoms with van der Waals surface area (Å²) >= 11 is 5.78. The summed E-state index contributed by atoms with van der Waals surface area (Å²) in [4.78, 5) is 16.3. The zero-order chi connectivity index (χ0) is 14.2. The predicted octanol–water partition coefficient (Wildman–Crippen LogP) is 2.79. The molecule has 0 radical (unpaired) electrons. The maximum atomic E-state index is 12.5. The number of carbonyl (C=O) groups excluding carboxylic acids is 1. The molecule has 2 heterocycles. The van der Waals surface area contributed by atoms with Crippen molar-refractivity contribution in [3.63, 3.8) is 0 Å². The summed E-state index contributed by atoms with van der Waals surface area (Å²) in [6.45, 7) is 1.81. The van der Waals surface area contributed by atoms with Crippen LogP contribution in [0.5, 0.6) is 0 Å². The average Bonchev–Trinajstić information content (AvgIpc) is 2.46. The third-order valence-corrected chi connectivity index (χ3v) is 3.36. The zero-order valence-corrected chi connectivity index (χ0v) is 10.9. The van der Waals surface area contributed by atoms with Crippen LogP contribution in [0.3, 0.4) is 0 Å². The number of aromatic nitrogens is 1. The molecule has 3 nitrogen and oxygen atoms in total. The molecule has 1 aromatic heterocycles. The molecule has 1 atom stereocenters. The molecular formula is C12H12ClF3N2O. The Balaban J connectivity index is 2.25. The Labute approximate surface area is 113 Å². The van der Waals surface area contributed by atoms with Crippen LogP contribution in [0.4, 0.5) is 13.2 Å². The lowest BCUT2D eigenvalue weighted by atomic mass is 9.99. The van der Waals surface area contributed by atoms with Gasteiger partial charge in [0.1, 0.15) is 5.15 Å². The van der Waals surface area contributed by atoms with Crippen LogP contribution in [0.25, 0.3) is 0 Å². The van der Waals surface area contributed by atoms with Gasteiger partial charge in [-0.3, -0.25) is 4.79 Å². The van der Waals surface area contributed by atoms with E-state index in [2.05, 4.69) is 4.98 Å². The molecule has 0 bridgehead atoms. The molecule has 19 heavy (non-hydrogen) atoms. The summed E-state index contributed by atoms with van der Waals surface area (Å²) in [5.41, 5.74) is 1.51. The largest absolute Gasteiger partial charge is 0.471 e. The van der Waals surface area contributed by atoms with E-state index in [-0.39, 0.29) is 25.4 Å². The van der Waals surface area contributed by atoms with E-state index in [1.54, 1.807) is 19.1 Å². The maximum absolute atomic E-state index is 12.5. The highest BCUT2D eigenvalue weighted by molar-refractivity contribution is 6.29. The van der Waals surface area contributed by atoms with Crippen molar-refractivity contribution in [2.45, 2.75) is 25.4 Å². The van der Waals surface area contributed by atoms with Crippen molar-refractivity contribution in [2.75, 3.05) is 13.1 Å². The second-order valence-corrected chi connectivity index (χ2v) is 4.96. The van der Waals surface area contributed by atoms with Crippen molar-refractivity contribution in [1.29, 1.82) is 0 Å². The van der Waals surface area contributed by atoms with Crippen molar-refractivity contribution < 1.29 is 18.0 Å². The molecule has 0 N–H and O–H groups in total. The third kappa shape index (κ3) is 3.00. The van der Waals surface area contributed by atoms with Gasteiger partial charge in [-0.2, -0.15) is 13.2 Å². The van der Waals surface area contributed by atoms with E-state index in [0.717, 1.165) is 10.5 Å². The summed E-state index contributed by atoms with van der Waals surface area (Å²) in [7, 11) is 0. The number of pyridine rings is 1. The number of nitrogens with zero attached hydrogens (tertiary/aromatic N) is 2. The zero-order valence-electron chi connectivity index (χ0n) is 10.2. The molecule has 1 unspecified atom stereocenters. The SMILES string of the molecule is CC1CN(C(=O)C(F)(F)F)CCc2nc(Cl)ccc21. The fourth-order valence-corrected chi connectivity index (χ4v) is 2.42. The molecule has 0 fully saturated rings. The number of alkyl halides is 3. The van der Waals surface area contributed by atoms with Gasteiger partial charge < -0.3 is 4.90 Å². The van der Waals surface area contributed by atoms with Crippen LogP contribution in [0.2, 0.25) is 5.15 Å². The number of hydrogen-bond donors (Lipinski definition) is 0. The van der Waals surface area contributed by atoms with Crippen molar-refractivity contribution in [3.05, 3.63) is 28.5 Å². The number of halogens is 4. The van der Waals surface area contributed by atoms with E-state index in [4.69, 9.17) is 11.6 Å². The predicted molar refractivity (Wildman–Crippen MR) is 64.0 cm³/mol. The van der Waals surface area contributed by atoms with Crippen molar-refractivity contribution in [3.8, 4) is 0 Å². The average molecular weight is 293 g/mol. The maximum Gasteiger partial charge on any atom is 0.471 e. The minimum atomic E-state index is -4.83. The van der Waals surface area contributed by atoms with Crippen LogP contribution in [0.15, 0.2) is 12.1 Å². The van der Waals surface area contributed by atoms with Gasteiger partial charge in [0, 0.05) is 31.1 Å². The number of rotatable bonds is 0. The van der Waals surface area contributed by atoms with Crippen LogP contribution in [-0.4, -0.2) is 35.1 Å². The first-order valence-electron chi connectivity index (χ1n) is 5.80. The van der Waals surface area contributed by atoms with Gasteiger partial charge >= 0.3 is 12.1 Å². The first-order valence-corrected chi connectivity index (χ1v) is 6.18. The van der Waals surface area contributed by atoms with Gasteiger partial charge in [-0.05, 0) is 11.6 Å². The van der Waals surface area contributed by atoms with E-state index in [1.165, 1.54) is 0 Å². The highest BCUT2D eigenvalue weighted by Crippen LogP contribution is 2.28. The second kappa shape index (κ2) is 5.00. The summed E-state index contributed by atoms with van der Waals surface area (Å²) in [6, 6.07) is 3.37. The topological polar surface area (TPSA) is 33.2 Å². The fourth-order valence-electron chi connectivity index (χ4n) is 2.26. The fraction of sp³-hybridized carbons (Fsp3) is 0.500. The molecule has 1 aliphatic rings. The van der Waals surface area contributed by atoms with Crippen LogP contribution in [0, 0.1) is 0 Å². The van der Waals surface area contributed by atoms with Crippen molar-refractivity contribution >= 4 is 17.5 Å². The minimum Gasteiger partial charge on any atom is -0.334 e. The monoisotopic (exact) mass is 292 g/mol. The van der Waals surface area contributed by atoms with Gasteiger partial charge in [-0.15, -0.1) is 0 Å². The van der Waals surface area contributed by atoms with Crippen LogP contribution in [0.1, 0.15) is 24.1 Å². The summed E-state index contributed by atoms with van der Waals surface area (Å²) in [5.74, 6) is -1.99. The molecule has 1 amide bonds. The van der Waals surface area contributed by atoms with Crippen LogP contribution >= 0.6 is 11.6 Å². The van der Waals surface area contributed by atoms with E-state index >= 15 is 0 Å². The number of carbonyl (C=O) groups is 1. The van der Waals surface area contributed by atoms with Gasteiger partial charge in [-0.1, -0.05) is 24.6 Å². The van der Waals surface area contributed by atoms with E-state index in [1.807, 2.05) is 0 Å². The Morgan fingerprint density at radius 3 is 2.79 bits per heavy atom. The quantitative estimate of drug-likeness (QED) is 0.689. The molecule has 1 aromatic rings. The van der Waals surface area contributed by atoms with E-state index in [0.29, 0.717) is 10.8 Å². The second-order valence-electron chi connectivity index (χ2n) is 4.57. The Morgan fingerprint density at radius 1 is 1.47 bits per heavy atom. The van der Waals surface area contributed by atoms with Crippen molar-refractivity contribution in [2.24, 2.45) is 0 Å². The highest BCUT2D eigenvalue weighted by atomic mass is 35.5. The molecule has 0 saturated carbocycles. The smallest absolute Gasteiger partial charge is 0.334 e. The van der Waals surface area contributed by atoms with Crippen LogP contribution < -0.4 is 0 Å². The Bertz CT molecular complexity index is 504. The molecular weight excluding hydrogens is 281 g/mol. The minimum absolute atomic E-state index is 0.00300. The van der Waals surface area contributed by atoms with Crippen molar-refractivity contribution in [1.82, 2.24) is 9.88 Å². The molecule has 1 aliphatic heterocycles. The lowest BCUT2D eigenvalue weighted by Gasteiger charge is -2.23. The van der Waals surface area contributed by atoms with Gasteiger partial charge in [0.25, 0.3) is 0 Å². The van der Waals surface area contributed by atoms with Gasteiger partial charge in [-0.25, -0.2) is 4.98 Å². The van der Waals surface area contributed by atoms with Gasteiger partial charge in [0.2, 0.25) is 0 Å². The normalized spacial score (nSPS) is 19.8.